The molecule has 0 unspecified atom stereocenters. The smallest absolute Gasteiger partial charge is 0.255 e. The molecule has 36 heavy (non-hydrogen) atoms. The maximum Gasteiger partial charge on any atom is 0.255 e. The zero-order valence-corrected chi connectivity index (χ0v) is 23.4. The lowest BCUT2D eigenvalue weighted by Crippen LogP contribution is -2.23. The molecule has 2 aromatic carbocycles. The molecule has 8 heteroatoms. The van der Waals surface area contributed by atoms with E-state index in [0.717, 1.165) is 62.1 Å². The number of benzene rings is 2. The highest BCUT2D eigenvalue weighted by Crippen LogP contribution is 2.40. The number of aliphatic imine (C=N–C) groups is 1. The van der Waals surface area contributed by atoms with E-state index in [4.69, 9.17) is 14.1 Å². The van der Waals surface area contributed by atoms with Gasteiger partial charge in [0.05, 0.1) is 22.8 Å². The number of hydrogen-bond acceptors (Lipinski definition) is 5. The molecule has 1 N–H and O–H groups in total. The molecule has 0 aliphatic heterocycles. The van der Waals surface area contributed by atoms with Crippen LogP contribution in [0.15, 0.2) is 79.2 Å². The minimum absolute atomic E-state index is 0.117. The molecule has 0 saturated carbocycles. The van der Waals surface area contributed by atoms with E-state index in [2.05, 4.69) is 37.2 Å². The summed E-state index contributed by atoms with van der Waals surface area (Å²) in [4.78, 5) is 19.4. The predicted octanol–water partition coefficient (Wildman–Crippen LogP) is 8.00. The van der Waals surface area contributed by atoms with E-state index in [1.165, 1.54) is 4.88 Å². The number of halogens is 2. The maximum absolute atomic E-state index is 13.3. The van der Waals surface area contributed by atoms with E-state index in [0.29, 0.717) is 24.5 Å². The molecule has 0 bridgehead atoms. The number of amides is 1. The molecule has 0 atom stereocenters. The Morgan fingerprint density at radius 3 is 2.75 bits per heavy atom. The normalized spacial score (nSPS) is 13.1. The topological polar surface area (TPSA) is 63.8 Å². The molecule has 0 saturated heterocycles. The number of aryl methyl sites for hydroxylation is 1. The van der Waals surface area contributed by atoms with Crippen LogP contribution in [-0.2, 0) is 26.0 Å². The molecule has 0 fully saturated rings. The first-order chi connectivity index (χ1) is 17.6. The monoisotopic (exact) mass is 626 g/mol. The third kappa shape index (κ3) is 5.82. The van der Waals surface area contributed by atoms with E-state index in [1.54, 1.807) is 23.8 Å². The minimum Gasteiger partial charge on any atom is -0.487 e. The van der Waals surface area contributed by atoms with Crippen molar-refractivity contribution in [3.8, 4) is 5.75 Å². The summed E-state index contributed by atoms with van der Waals surface area (Å²) in [6.07, 6.45) is 7.51. The molecule has 4 aromatic rings. The van der Waals surface area contributed by atoms with Crippen molar-refractivity contribution in [3.05, 3.63) is 103 Å². The second-order valence-corrected chi connectivity index (χ2v) is 11.3. The van der Waals surface area contributed by atoms with Crippen LogP contribution in [0, 0.1) is 0 Å². The molecule has 1 aliphatic carbocycles. The minimum atomic E-state index is -0.117. The molecule has 5 nitrogen and oxygen atoms in total. The fourth-order valence-electron chi connectivity index (χ4n) is 4.23. The number of thiophene rings is 1. The maximum atomic E-state index is 13.3. The van der Waals surface area contributed by atoms with Gasteiger partial charge in [-0.2, -0.15) is 0 Å². The average molecular weight is 628 g/mol. The Morgan fingerprint density at radius 2 is 1.94 bits per heavy atom. The standard InChI is InChI=1S/C28H24Br2N2O3S/c29-20-13-19(26(23(30)14-20)35-17-18-7-2-1-3-8-18)15-32-28-25(22-10-4-5-11-24(22)36-28)27(33)31-16-21-9-6-12-34-21/h1-3,6-9,12-15H,4-5,10-11,16-17H2,(H,31,33). The van der Waals surface area contributed by atoms with Crippen molar-refractivity contribution >= 4 is 60.3 Å². The van der Waals surface area contributed by atoms with Crippen LogP contribution in [0.25, 0.3) is 0 Å². The lowest BCUT2D eigenvalue weighted by Gasteiger charge is -2.13. The van der Waals surface area contributed by atoms with Crippen molar-refractivity contribution in [2.75, 3.05) is 0 Å². The van der Waals surface area contributed by atoms with Crippen LogP contribution in [0.5, 0.6) is 5.75 Å². The number of furan rings is 1. The van der Waals surface area contributed by atoms with Gasteiger partial charge in [-0.15, -0.1) is 11.3 Å². The highest BCUT2D eigenvalue weighted by Gasteiger charge is 2.25. The number of fused-ring (bicyclic) bond motifs is 1. The van der Waals surface area contributed by atoms with E-state index >= 15 is 0 Å². The van der Waals surface area contributed by atoms with Crippen LogP contribution < -0.4 is 10.1 Å². The van der Waals surface area contributed by atoms with E-state index in [1.807, 2.05) is 54.6 Å². The van der Waals surface area contributed by atoms with Gasteiger partial charge < -0.3 is 14.5 Å². The quantitative estimate of drug-likeness (QED) is 0.201. The Hall–Kier alpha value is -2.68. The van der Waals surface area contributed by atoms with Crippen LogP contribution in [-0.4, -0.2) is 12.1 Å². The van der Waals surface area contributed by atoms with E-state index in [9.17, 15) is 4.79 Å². The van der Waals surface area contributed by atoms with Crippen LogP contribution in [0.4, 0.5) is 5.00 Å². The molecule has 0 radical (unpaired) electrons. The van der Waals surface area contributed by atoms with Gasteiger partial charge in [0.2, 0.25) is 0 Å². The Kier molecular flexibility index (Phi) is 8.04. The van der Waals surface area contributed by atoms with Gasteiger partial charge in [-0.1, -0.05) is 46.3 Å². The highest BCUT2D eigenvalue weighted by atomic mass is 79.9. The van der Waals surface area contributed by atoms with Crippen LogP contribution in [0.3, 0.4) is 0 Å². The van der Waals surface area contributed by atoms with Gasteiger partial charge in [-0.25, -0.2) is 4.99 Å². The van der Waals surface area contributed by atoms with Gasteiger partial charge >= 0.3 is 0 Å². The van der Waals surface area contributed by atoms with Crippen molar-refractivity contribution in [1.82, 2.24) is 5.32 Å². The molecular formula is C28H24Br2N2O3S. The Labute approximate surface area is 230 Å². The largest absolute Gasteiger partial charge is 0.487 e. The molecular weight excluding hydrogens is 604 g/mol. The van der Waals surface area contributed by atoms with Crippen LogP contribution in [0.2, 0.25) is 0 Å². The summed E-state index contributed by atoms with van der Waals surface area (Å²) in [5.74, 6) is 1.31. The van der Waals surface area contributed by atoms with Crippen molar-refractivity contribution in [2.24, 2.45) is 4.99 Å². The number of ether oxygens (including phenoxy) is 1. The Bertz CT molecular complexity index is 1380. The summed E-state index contributed by atoms with van der Waals surface area (Å²) in [5.41, 5.74) is 3.71. The number of hydrogen-bond donors (Lipinski definition) is 1. The summed E-state index contributed by atoms with van der Waals surface area (Å²) in [6.45, 7) is 0.783. The lowest BCUT2D eigenvalue weighted by atomic mass is 9.95. The molecule has 2 heterocycles. The first kappa shape index (κ1) is 25.0. The fraction of sp³-hybridized carbons (Fsp3) is 0.214. The summed E-state index contributed by atoms with van der Waals surface area (Å²) in [6, 6.07) is 17.6. The summed E-state index contributed by atoms with van der Waals surface area (Å²) < 4.78 is 13.3. The van der Waals surface area contributed by atoms with Gasteiger partial charge in [0.15, 0.2) is 0 Å². The third-order valence-electron chi connectivity index (χ3n) is 5.97. The van der Waals surface area contributed by atoms with E-state index < -0.39 is 0 Å². The van der Waals surface area contributed by atoms with Crippen molar-refractivity contribution in [2.45, 2.75) is 38.8 Å². The number of nitrogens with one attached hydrogen (secondary N) is 1. The Morgan fingerprint density at radius 1 is 1.11 bits per heavy atom. The second-order valence-electron chi connectivity index (χ2n) is 8.49. The zero-order chi connectivity index (χ0) is 24.9. The average Bonchev–Trinajstić information content (AvgIpc) is 3.53. The molecule has 5 rings (SSSR count). The second kappa shape index (κ2) is 11.6. The SMILES string of the molecule is O=C(NCc1ccco1)c1c(N=Cc2cc(Br)cc(Br)c2OCc2ccccc2)sc2c1CCCC2. The molecule has 1 aliphatic rings. The number of rotatable bonds is 8. The van der Waals surface area contributed by atoms with Gasteiger partial charge in [0.1, 0.15) is 23.1 Å². The van der Waals surface area contributed by atoms with Crippen molar-refractivity contribution in [3.63, 3.8) is 0 Å². The predicted molar refractivity (Wildman–Crippen MR) is 151 cm³/mol. The highest BCUT2D eigenvalue weighted by molar-refractivity contribution is 9.11. The molecule has 2 aromatic heterocycles. The molecule has 184 valence electrons. The van der Waals surface area contributed by atoms with Gasteiger partial charge in [0.25, 0.3) is 5.91 Å². The van der Waals surface area contributed by atoms with Crippen LogP contribution in [0.1, 0.15) is 50.5 Å². The van der Waals surface area contributed by atoms with Gasteiger partial charge in [-0.05, 0) is 77.0 Å². The summed E-state index contributed by atoms with van der Waals surface area (Å²) in [7, 11) is 0. The summed E-state index contributed by atoms with van der Waals surface area (Å²) >= 11 is 8.82. The molecule has 0 spiro atoms. The van der Waals surface area contributed by atoms with Gasteiger partial charge in [-0.3, -0.25) is 4.79 Å². The van der Waals surface area contributed by atoms with Crippen molar-refractivity contribution < 1.29 is 13.9 Å². The number of carbonyl (C=O) groups excluding carboxylic acids is 1. The summed E-state index contributed by atoms with van der Waals surface area (Å²) in [5, 5.41) is 3.73. The van der Waals surface area contributed by atoms with Crippen molar-refractivity contribution in [1.29, 1.82) is 0 Å². The first-order valence-corrected chi connectivity index (χ1v) is 14.1. The third-order valence-corrected chi connectivity index (χ3v) is 8.21. The Balaban J connectivity index is 1.44. The van der Waals surface area contributed by atoms with Crippen LogP contribution >= 0.6 is 43.2 Å². The van der Waals surface area contributed by atoms with Gasteiger partial charge in [0, 0.05) is 21.1 Å². The fourth-order valence-corrected chi connectivity index (χ4v) is 6.84. The zero-order valence-electron chi connectivity index (χ0n) is 19.4. The first-order valence-electron chi connectivity index (χ1n) is 11.7. The number of nitrogens with zero attached hydrogens (tertiary/aromatic N) is 1. The molecule has 1 amide bonds. The van der Waals surface area contributed by atoms with E-state index in [-0.39, 0.29) is 5.91 Å². The lowest BCUT2D eigenvalue weighted by molar-refractivity contribution is 0.0948. The number of carbonyl (C=O) groups is 1.